The lowest BCUT2D eigenvalue weighted by Crippen LogP contribution is -2.32. The van der Waals surface area contributed by atoms with Gasteiger partial charge in [-0.3, -0.25) is 14.2 Å². The number of benzene rings is 1. The molecular weight excluding hydrogens is 390 g/mol. The molecule has 7 heteroatoms. The van der Waals surface area contributed by atoms with Gasteiger partial charge < -0.3 is 5.32 Å². The van der Waals surface area contributed by atoms with E-state index in [0.717, 1.165) is 16.9 Å². The number of thioether (sulfide) groups is 1. The lowest BCUT2D eigenvalue weighted by molar-refractivity contribution is -0.120. The first-order valence-corrected chi connectivity index (χ1v) is 10.9. The van der Waals surface area contributed by atoms with Crippen LogP contribution in [0, 0.1) is 0 Å². The van der Waals surface area contributed by atoms with E-state index < -0.39 is 0 Å². The minimum atomic E-state index is -0.347. The number of hydrogen-bond acceptors (Lipinski definition) is 5. The third-order valence-corrected chi connectivity index (χ3v) is 6.35. The normalized spacial score (nSPS) is 12.1. The summed E-state index contributed by atoms with van der Waals surface area (Å²) in [6.07, 6.45) is 2.55. The predicted molar refractivity (Wildman–Crippen MR) is 118 cm³/mol. The van der Waals surface area contributed by atoms with E-state index in [1.807, 2.05) is 50.2 Å². The van der Waals surface area contributed by atoms with Crippen LogP contribution in [0.4, 0.5) is 0 Å². The summed E-state index contributed by atoms with van der Waals surface area (Å²) in [6, 6.07) is 11.8. The molecule has 5 nitrogen and oxygen atoms in total. The van der Waals surface area contributed by atoms with Crippen molar-refractivity contribution in [2.75, 3.05) is 6.54 Å². The zero-order valence-electron chi connectivity index (χ0n) is 16.0. The third-order valence-electron chi connectivity index (χ3n) is 4.19. The van der Waals surface area contributed by atoms with Gasteiger partial charge in [0, 0.05) is 18.0 Å². The molecule has 1 N–H and O–H groups in total. The number of nitrogens with zero attached hydrogens (tertiary/aromatic N) is 2. The Kier molecular flexibility index (Phi) is 6.70. The van der Waals surface area contributed by atoms with Crippen LogP contribution in [0.25, 0.3) is 20.7 Å². The number of fused-ring (bicyclic) bond motifs is 1. The van der Waals surface area contributed by atoms with Gasteiger partial charge in [0.25, 0.3) is 5.56 Å². The van der Waals surface area contributed by atoms with E-state index in [4.69, 9.17) is 4.98 Å². The molecule has 0 aliphatic heterocycles. The molecule has 0 bridgehead atoms. The van der Waals surface area contributed by atoms with Crippen LogP contribution < -0.4 is 10.9 Å². The molecule has 1 aromatic carbocycles. The predicted octanol–water partition coefficient (Wildman–Crippen LogP) is 4.32. The SMILES string of the molecule is C=CCn1c(S[C@@H](C)C(=O)NCCC)nc2sc(-c3ccccc3)cc2c1=O. The minimum absolute atomic E-state index is 0.0532. The van der Waals surface area contributed by atoms with Gasteiger partial charge in [-0.1, -0.05) is 55.1 Å². The molecule has 0 fully saturated rings. The zero-order chi connectivity index (χ0) is 20.1. The molecule has 28 heavy (non-hydrogen) atoms. The standard InChI is InChI=1S/C21H23N3O2S2/c1-4-11-22-18(25)14(3)27-21-23-19-16(20(26)24(21)12-5-2)13-17(28-19)15-9-7-6-8-10-15/h5-10,13-14H,2,4,11-12H2,1,3H3,(H,22,25)/t14-/m0/s1. The van der Waals surface area contributed by atoms with Gasteiger partial charge in [-0.15, -0.1) is 17.9 Å². The van der Waals surface area contributed by atoms with E-state index in [1.165, 1.54) is 23.1 Å². The quantitative estimate of drug-likeness (QED) is 0.339. The molecule has 1 amide bonds. The van der Waals surface area contributed by atoms with Crippen molar-refractivity contribution in [1.82, 2.24) is 14.9 Å². The van der Waals surface area contributed by atoms with E-state index >= 15 is 0 Å². The first-order valence-electron chi connectivity index (χ1n) is 9.20. The Morgan fingerprint density at radius 3 is 2.82 bits per heavy atom. The molecule has 1 atom stereocenters. The van der Waals surface area contributed by atoms with E-state index in [1.54, 1.807) is 10.6 Å². The molecule has 3 rings (SSSR count). The van der Waals surface area contributed by atoms with Crippen LogP contribution in [-0.4, -0.2) is 27.3 Å². The second kappa shape index (κ2) is 9.21. The monoisotopic (exact) mass is 413 g/mol. The molecule has 0 saturated carbocycles. The average molecular weight is 414 g/mol. The number of amides is 1. The molecule has 3 aromatic rings. The van der Waals surface area contributed by atoms with Crippen molar-refractivity contribution in [3.05, 3.63) is 59.4 Å². The van der Waals surface area contributed by atoms with Crippen molar-refractivity contribution in [1.29, 1.82) is 0 Å². The number of carbonyl (C=O) groups excluding carboxylic acids is 1. The Morgan fingerprint density at radius 2 is 2.14 bits per heavy atom. The Hall–Kier alpha value is -2.38. The number of allylic oxidation sites excluding steroid dienone is 1. The summed E-state index contributed by atoms with van der Waals surface area (Å²) in [4.78, 5) is 31.7. The van der Waals surface area contributed by atoms with Gasteiger partial charge in [-0.2, -0.15) is 0 Å². The molecule has 0 spiro atoms. The highest BCUT2D eigenvalue weighted by molar-refractivity contribution is 8.00. The Balaban J connectivity index is 2.01. The molecule has 0 unspecified atom stereocenters. The number of nitrogens with one attached hydrogen (secondary N) is 1. The van der Waals surface area contributed by atoms with E-state index in [0.29, 0.717) is 28.5 Å². The van der Waals surface area contributed by atoms with Crippen LogP contribution in [0.3, 0.4) is 0 Å². The van der Waals surface area contributed by atoms with Crippen LogP contribution in [0.5, 0.6) is 0 Å². The Morgan fingerprint density at radius 1 is 1.39 bits per heavy atom. The lowest BCUT2D eigenvalue weighted by Gasteiger charge is -2.14. The van der Waals surface area contributed by atoms with Crippen molar-refractivity contribution in [3.8, 4) is 10.4 Å². The van der Waals surface area contributed by atoms with E-state index in [9.17, 15) is 9.59 Å². The molecule has 2 aromatic heterocycles. The summed E-state index contributed by atoms with van der Waals surface area (Å²) in [5, 5.41) is 3.68. The van der Waals surface area contributed by atoms with Gasteiger partial charge in [0.15, 0.2) is 5.16 Å². The van der Waals surface area contributed by atoms with E-state index in [-0.39, 0.29) is 16.7 Å². The topological polar surface area (TPSA) is 64.0 Å². The lowest BCUT2D eigenvalue weighted by atomic mass is 10.2. The fourth-order valence-corrected chi connectivity index (χ4v) is 4.75. The maximum Gasteiger partial charge on any atom is 0.263 e. The smallest absolute Gasteiger partial charge is 0.263 e. The molecule has 2 heterocycles. The largest absolute Gasteiger partial charge is 0.355 e. The number of carbonyl (C=O) groups is 1. The summed E-state index contributed by atoms with van der Waals surface area (Å²) < 4.78 is 1.59. The second-order valence-corrected chi connectivity index (χ2v) is 8.68. The summed E-state index contributed by atoms with van der Waals surface area (Å²) in [7, 11) is 0. The summed E-state index contributed by atoms with van der Waals surface area (Å²) in [5.41, 5.74) is 0.952. The van der Waals surface area contributed by atoms with E-state index in [2.05, 4.69) is 11.9 Å². The molecule has 0 saturated heterocycles. The maximum atomic E-state index is 13.1. The van der Waals surface area contributed by atoms with Crippen molar-refractivity contribution >= 4 is 39.2 Å². The highest BCUT2D eigenvalue weighted by Gasteiger charge is 2.20. The maximum absolute atomic E-state index is 13.1. The average Bonchev–Trinajstić information content (AvgIpc) is 3.14. The van der Waals surface area contributed by atoms with Crippen LogP contribution in [-0.2, 0) is 11.3 Å². The van der Waals surface area contributed by atoms with Crippen molar-refractivity contribution < 1.29 is 4.79 Å². The van der Waals surface area contributed by atoms with Crippen molar-refractivity contribution in [2.24, 2.45) is 0 Å². The highest BCUT2D eigenvalue weighted by atomic mass is 32.2. The van der Waals surface area contributed by atoms with Gasteiger partial charge >= 0.3 is 0 Å². The molecule has 0 aliphatic rings. The Labute approximate surface area is 172 Å². The molecule has 0 aliphatic carbocycles. The third kappa shape index (κ3) is 4.36. The summed E-state index contributed by atoms with van der Waals surface area (Å²) >= 11 is 2.79. The second-order valence-electron chi connectivity index (χ2n) is 6.35. The van der Waals surface area contributed by atoms with Crippen LogP contribution in [0.15, 0.2) is 59.0 Å². The zero-order valence-corrected chi connectivity index (χ0v) is 17.6. The molecule has 146 valence electrons. The van der Waals surface area contributed by atoms with Crippen molar-refractivity contribution in [3.63, 3.8) is 0 Å². The fourth-order valence-electron chi connectivity index (χ4n) is 2.73. The number of rotatable bonds is 8. The fraction of sp³-hybridized carbons (Fsp3) is 0.286. The van der Waals surface area contributed by atoms with Crippen LogP contribution in [0.2, 0.25) is 0 Å². The number of hydrogen-bond donors (Lipinski definition) is 1. The first-order chi connectivity index (χ1) is 13.5. The van der Waals surface area contributed by atoms with Crippen LogP contribution in [0.1, 0.15) is 20.3 Å². The summed E-state index contributed by atoms with van der Waals surface area (Å²) in [5.74, 6) is -0.0532. The van der Waals surface area contributed by atoms with Gasteiger partial charge in [0.05, 0.1) is 10.6 Å². The number of thiophene rings is 1. The van der Waals surface area contributed by atoms with Gasteiger partial charge in [-0.25, -0.2) is 4.98 Å². The van der Waals surface area contributed by atoms with Crippen molar-refractivity contribution in [2.45, 2.75) is 37.2 Å². The van der Waals surface area contributed by atoms with Crippen LogP contribution >= 0.6 is 23.1 Å². The summed E-state index contributed by atoms with van der Waals surface area (Å²) in [6.45, 7) is 8.58. The van der Waals surface area contributed by atoms with Gasteiger partial charge in [0.2, 0.25) is 5.91 Å². The van der Waals surface area contributed by atoms with Gasteiger partial charge in [-0.05, 0) is 25.0 Å². The molecule has 0 radical (unpaired) electrons. The first kappa shape index (κ1) is 20.4. The minimum Gasteiger partial charge on any atom is -0.355 e. The highest BCUT2D eigenvalue weighted by Crippen LogP contribution is 2.32. The van der Waals surface area contributed by atoms with Gasteiger partial charge in [0.1, 0.15) is 4.83 Å². The molecular formula is C21H23N3O2S2. The number of aromatic nitrogens is 2. The Bertz CT molecular complexity index is 1040.